The maximum atomic E-state index is 11.4. The number of carbonyl (C=O) groups is 2. The average molecular weight is 356 g/mol. The minimum Gasteiger partial charge on any atom is -0.378 e. The Morgan fingerprint density at radius 1 is 1.12 bits per heavy atom. The highest BCUT2D eigenvalue weighted by Gasteiger charge is 2.25. The lowest BCUT2D eigenvalue weighted by molar-refractivity contribution is -0.107. The van der Waals surface area contributed by atoms with Gasteiger partial charge in [-0.2, -0.15) is 0 Å². The Kier molecular flexibility index (Phi) is 9.18. The minimum absolute atomic E-state index is 0.119. The van der Waals surface area contributed by atoms with Crippen molar-refractivity contribution in [2.24, 2.45) is 11.8 Å². The van der Waals surface area contributed by atoms with E-state index in [1.165, 1.54) is 38.5 Å². The third kappa shape index (κ3) is 7.14. The Balaban J connectivity index is 1.58. The summed E-state index contributed by atoms with van der Waals surface area (Å²) in [6.07, 6.45) is 14.8. The Bertz CT molecular complexity index is 377. The van der Waals surface area contributed by atoms with Gasteiger partial charge in [0.1, 0.15) is 6.29 Å². The summed E-state index contributed by atoms with van der Waals surface area (Å²) in [4.78, 5) is 22.6. The fourth-order valence-corrected chi connectivity index (χ4v) is 4.88. The highest BCUT2D eigenvalue weighted by atomic mass is 32.2. The van der Waals surface area contributed by atoms with E-state index in [2.05, 4.69) is 5.32 Å². The van der Waals surface area contributed by atoms with Crippen LogP contribution in [0.5, 0.6) is 0 Å². The molecule has 138 valence electrons. The molecule has 0 heterocycles. The first-order valence-corrected chi connectivity index (χ1v) is 10.5. The zero-order valence-electron chi connectivity index (χ0n) is 15.0. The summed E-state index contributed by atoms with van der Waals surface area (Å²) in [5.41, 5.74) is 0. The van der Waals surface area contributed by atoms with Crippen LogP contribution in [0.3, 0.4) is 0 Å². The number of amides is 1. The van der Waals surface area contributed by atoms with Crippen molar-refractivity contribution in [3.63, 3.8) is 0 Å². The summed E-state index contributed by atoms with van der Waals surface area (Å²) in [5.74, 6) is 1.45. The second kappa shape index (κ2) is 11.1. The van der Waals surface area contributed by atoms with Crippen molar-refractivity contribution >= 4 is 23.3 Å². The normalized spacial score (nSPS) is 26.7. The van der Waals surface area contributed by atoms with Gasteiger partial charge in [0.15, 0.2) is 0 Å². The fraction of sp³-hybridized carbons (Fsp3) is 0.895. The lowest BCUT2D eigenvalue weighted by Crippen LogP contribution is -2.26. The van der Waals surface area contributed by atoms with Crippen LogP contribution < -0.4 is 5.32 Å². The first-order valence-electron chi connectivity index (χ1n) is 9.66. The summed E-state index contributed by atoms with van der Waals surface area (Å²) in [6, 6.07) is 0. The lowest BCUT2D eigenvalue weighted by atomic mass is 9.84. The van der Waals surface area contributed by atoms with Gasteiger partial charge in [0.05, 0.1) is 11.4 Å². The number of nitrogens with one attached hydrogen (secondary N) is 1. The van der Waals surface area contributed by atoms with Crippen LogP contribution in [0, 0.1) is 11.8 Å². The maximum Gasteiger partial charge on any atom is 0.279 e. The largest absolute Gasteiger partial charge is 0.378 e. The van der Waals surface area contributed by atoms with Gasteiger partial charge in [-0.15, -0.1) is 0 Å². The van der Waals surface area contributed by atoms with E-state index in [0.717, 1.165) is 62.7 Å². The van der Waals surface area contributed by atoms with Crippen molar-refractivity contribution < 1.29 is 14.3 Å². The summed E-state index contributed by atoms with van der Waals surface area (Å²) in [7, 11) is 1.60. The number of aldehydes is 1. The van der Waals surface area contributed by atoms with Gasteiger partial charge < -0.3 is 14.8 Å². The molecule has 0 aliphatic heterocycles. The molecule has 2 fully saturated rings. The van der Waals surface area contributed by atoms with Crippen LogP contribution in [0.25, 0.3) is 0 Å². The van der Waals surface area contributed by atoms with Gasteiger partial charge in [0.25, 0.3) is 5.24 Å². The first kappa shape index (κ1) is 19.8. The molecule has 0 spiro atoms. The molecular formula is C19H33NO3S. The van der Waals surface area contributed by atoms with E-state index in [1.807, 2.05) is 0 Å². The van der Waals surface area contributed by atoms with Crippen LogP contribution >= 0.6 is 11.8 Å². The highest BCUT2D eigenvalue weighted by molar-refractivity contribution is 8.14. The number of hydrogen-bond acceptors (Lipinski definition) is 4. The van der Waals surface area contributed by atoms with Crippen LogP contribution in [0.15, 0.2) is 0 Å². The van der Waals surface area contributed by atoms with Gasteiger partial charge in [-0.25, -0.2) is 0 Å². The Labute approximate surface area is 150 Å². The molecule has 24 heavy (non-hydrogen) atoms. The van der Waals surface area contributed by atoms with Crippen molar-refractivity contribution in [3.05, 3.63) is 0 Å². The molecule has 2 aliphatic carbocycles. The van der Waals surface area contributed by atoms with Crippen molar-refractivity contribution in [1.29, 1.82) is 0 Å². The second-order valence-corrected chi connectivity index (χ2v) is 8.58. The zero-order valence-corrected chi connectivity index (χ0v) is 15.8. The molecule has 0 aromatic heterocycles. The molecule has 0 aromatic carbocycles. The average Bonchev–Trinajstić information content (AvgIpc) is 2.63. The standard InChI is InChI=1S/C19H33NO3S/c1-20-19(22)24-18(14-21)13-16-7-9-17(10-8-16)23-12-11-15-5-3-2-4-6-15/h14-18H,2-13H2,1H3,(H,20,22). The molecule has 0 radical (unpaired) electrons. The van der Waals surface area contributed by atoms with Gasteiger partial charge in [0, 0.05) is 13.7 Å². The quantitative estimate of drug-likeness (QED) is 0.648. The molecule has 2 aliphatic rings. The van der Waals surface area contributed by atoms with Crippen molar-refractivity contribution in [1.82, 2.24) is 5.32 Å². The van der Waals surface area contributed by atoms with Gasteiger partial charge in [-0.3, -0.25) is 4.79 Å². The number of rotatable bonds is 8. The van der Waals surface area contributed by atoms with Gasteiger partial charge in [-0.05, 0) is 50.4 Å². The van der Waals surface area contributed by atoms with E-state index < -0.39 is 0 Å². The summed E-state index contributed by atoms with van der Waals surface area (Å²) in [5, 5.41) is 2.24. The number of hydrogen-bond donors (Lipinski definition) is 1. The van der Waals surface area contributed by atoms with E-state index >= 15 is 0 Å². The maximum absolute atomic E-state index is 11.4. The molecule has 2 saturated carbocycles. The highest BCUT2D eigenvalue weighted by Crippen LogP contribution is 2.32. The molecule has 1 atom stereocenters. The van der Waals surface area contributed by atoms with Crippen LogP contribution in [-0.2, 0) is 9.53 Å². The molecular weight excluding hydrogens is 322 g/mol. The lowest BCUT2D eigenvalue weighted by Gasteiger charge is -2.30. The third-order valence-corrected chi connectivity index (χ3v) is 6.60. The van der Waals surface area contributed by atoms with E-state index in [4.69, 9.17) is 4.74 Å². The molecule has 5 heteroatoms. The number of ether oxygens (including phenoxy) is 1. The smallest absolute Gasteiger partial charge is 0.279 e. The first-order chi connectivity index (χ1) is 11.7. The Hall–Kier alpha value is -0.550. The summed E-state index contributed by atoms with van der Waals surface area (Å²) >= 11 is 1.12. The Morgan fingerprint density at radius 2 is 1.83 bits per heavy atom. The fourth-order valence-electron chi connectivity index (χ4n) is 4.07. The van der Waals surface area contributed by atoms with Crippen LogP contribution in [0.1, 0.15) is 70.6 Å². The van der Waals surface area contributed by atoms with Crippen molar-refractivity contribution in [2.75, 3.05) is 13.7 Å². The molecule has 1 amide bonds. The SMILES string of the molecule is CNC(=O)SC(C=O)CC1CCC(OCCC2CCCCC2)CC1. The van der Waals surface area contributed by atoms with Crippen LogP contribution in [0.4, 0.5) is 4.79 Å². The molecule has 0 aromatic rings. The summed E-state index contributed by atoms with van der Waals surface area (Å²) < 4.78 is 6.11. The van der Waals surface area contributed by atoms with Crippen LogP contribution in [0.2, 0.25) is 0 Å². The number of thioether (sulfide) groups is 1. The molecule has 1 N–H and O–H groups in total. The molecule has 4 nitrogen and oxygen atoms in total. The van der Waals surface area contributed by atoms with E-state index in [0.29, 0.717) is 12.0 Å². The molecule has 2 rings (SSSR count). The van der Waals surface area contributed by atoms with Crippen molar-refractivity contribution in [3.8, 4) is 0 Å². The second-order valence-electron chi connectivity index (χ2n) is 7.37. The monoisotopic (exact) mass is 355 g/mol. The van der Waals surface area contributed by atoms with E-state index in [-0.39, 0.29) is 10.5 Å². The van der Waals surface area contributed by atoms with Gasteiger partial charge in [0.2, 0.25) is 0 Å². The predicted octanol–water partition coefficient (Wildman–Crippen LogP) is 4.56. The van der Waals surface area contributed by atoms with E-state index in [1.54, 1.807) is 7.05 Å². The molecule has 0 bridgehead atoms. The summed E-state index contributed by atoms with van der Waals surface area (Å²) in [6.45, 7) is 0.920. The van der Waals surface area contributed by atoms with Gasteiger partial charge in [-0.1, -0.05) is 43.9 Å². The zero-order chi connectivity index (χ0) is 17.2. The Morgan fingerprint density at radius 3 is 2.46 bits per heavy atom. The third-order valence-electron chi connectivity index (χ3n) is 5.58. The number of carbonyl (C=O) groups excluding carboxylic acids is 2. The molecule has 0 saturated heterocycles. The van der Waals surface area contributed by atoms with Crippen LogP contribution in [-0.4, -0.2) is 36.5 Å². The predicted molar refractivity (Wildman–Crippen MR) is 99.4 cm³/mol. The minimum atomic E-state index is -0.210. The van der Waals surface area contributed by atoms with Crippen molar-refractivity contribution in [2.45, 2.75) is 82.0 Å². The topological polar surface area (TPSA) is 55.4 Å². The molecule has 1 unspecified atom stereocenters. The van der Waals surface area contributed by atoms with Gasteiger partial charge >= 0.3 is 0 Å². The van der Waals surface area contributed by atoms with E-state index in [9.17, 15) is 9.59 Å².